The number of carbonyl (C=O) groups is 3. The van der Waals surface area contributed by atoms with Crippen LogP contribution >= 0.6 is 46.7 Å². The van der Waals surface area contributed by atoms with E-state index in [9.17, 15) is 14.4 Å². The number of rotatable bonds is 13. The van der Waals surface area contributed by atoms with Crippen LogP contribution in [-0.4, -0.2) is 59.5 Å². The Kier molecular flexibility index (Phi) is 12.5. The zero-order valence-electron chi connectivity index (χ0n) is 18.8. The molecule has 2 N–H and O–H groups in total. The molecule has 0 saturated carbocycles. The van der Waals surface area contributed by atoms with Gasteiger partial charge in [-0.2, -0.15) is 11.8 Å². The molecule has 0 fully saturated rings. The summed E-state index contributed by atoms with van der Waals surface area (Å²) in [6.45, 7) is 0.238. The molecule has 1 aromatic carbocycles. The average Bonchev–Trinajstić information content (AvgIpc) is 2.84. The van der Waals surface area contributed by atoms with Gasteiger partial charge in [0.15, 0.2) is 10.9 Å². The number of nitrogens with one attached hydrogen (secondary N) is 2. The number of amides is 2. The van der Waals surface area contributed by atoms with Gasteiger partial charge in [-0.15, -0.1) is 0 Å². The molecule has 0 saturated heterocycles. The highest BCUT2D eigenvalue weighted by Gasteiger charge is 2.21. The van der Waals surface area contributed by atoms with Gasteiger partial charge in [-0.3, -0.25) is 9.59 Å². The Hall–Kier alpha value is -2.01. The lowest BCUT2D eigenvalue weighted by Crippen LogP contribution is -2.42. The van der Waals surface area contributed by atoms with Gasteiger partial charge in [-0.05, 0) is 36.5 Å². The first-order chi connectivity index (χ1) is 16.3. The van der Waals surface area contributed by atoms with Crippen molar-refractivity contribution in [3.8, 4) is 0 Å². The molecule has 0 aliphatic heterocycles. The summed E-state index contributed by atoms with van der Waals surface area (Å²) >= 11 is 15.2. The van der Waals surface area contributed by atoms with Gasteiger partial charge in [0.25, 0.3) is 5.91 Å². The van der Waals surface area contributed by atoms with Crippen LogP contribution in [0.25, 0.3) is 0 Å². The second-order valence-corrected chi connectivity index (χ2v) is 9.76. The molecule has 0 aliphatic carbocycles. The van der Waals surface area contributed by atoms with E-state index in [4.69, 9.17) is 27.9 Å². The lowest BCUT2D eigenvalue weighted by atomic mass is 10.2. The highest BCUT2D eigenvalue weighted by molar-refractivity contribution is 7.98. The zero-order chi connectivity index (χ0) is 24.9. The van der Waals surface area contributed by atoms with Crippen molar-refractivity contribution in [1.29, 1.82) is 0 Å². The van der Waals surface area contributed by atoms with Gasteiger partial charge in [0.2, 0.25) is 5.91 Å². The molecule has 0 aliphatic rings. The van der Waals surface area contributed by atoms with E-state index in [0.29, 0.717) is 34.5 Å². The van der Waals surface area contributed by atoms with E-state index in [0.717, 1.165) is 5.56 Å². The fraction of sp³-hybridized carbons (Fsp3) is 0.409. The molecule has 0 bridgehead atoms. The normalized spacial score (nSPS) is 11.5. The molecule has 12 heteroatoms. The summed E-state index contributed by atoms with van der Waals surface area (Å²) in [6, 6.07) is 6.78. The minimum Gasteiger partial charge on any atom is -0.467 e. The van der Waals surface area contributed by atoms with Crippen molar-refractivity contribution >= 4 is 64.5 Å². The Balaban J connectivity index is 1.82. The predicted molar refractivity (Wildman–Crippen MR) is 137 cm³/mol. The van der Waals surface area contributed by atoms with Crippen LogP contribution in [0.15, 0.2) is 35.6 Å². The first kappa shape index (κ1) is 28.2. The number of hydrogen-bond acceptors (Lipinski definition) is 8. The number of nitrogens with zero attached hydrogens (tertiary/aromatic N) is 2. The molecule has 0 unspecified atom stereocenters. The molecule has 0 radical (unpaired) electrons. The van der Waals surface area contributed by atoms with Crippen LogP contribution in [0.2, 0.25) is 10.0 Å². The monoisotopic (exact) mass is 544 g/mol. The molecule has 1 atom stereocenters. The summed E-state index contributed by atoms with van der Waals surface area (Å²) in [4.78, 5) is 44.9. The molecule has 184 valence electrons. The Morgan fingerprint density at radius 3 is 2.65 bits per heavy atom. The van der Waals surface area contributed by atoms with Crippen LogP contribution in [0.4, 0.5) is 0 Å². The molecule has 8 nitrogen and oxygen atoms in total. The van der Waals surface area contributed by atoms with Gasteiger partial charge in [0, 0.05) is 23.7 Å². The van der Waals surface area contributed by atoms with Crippen LogP contribution < -0.4 is 10.6 Å². The van der Waals surface area contributed by atoms with Crippen LogP contribution in [0.5, 0.6) is 0 Å². The summed E-state index contributed by atoms with van der Waals surface area (Å²) < 4.78 is 4.73. The number of aromatic nitrogens is 2. The standard InChI is InChI=1S/C22H26Cl2N4O4S2/c1-32-21(31)17(9-11-33-2)27-18(29)8-5-10-25-20(30)19-16(24)12-26-22(28-19)34-13-14-6-3-4-7-15(14)23/h3-4,6-7,12,17H,5,8-11,13H2,1-2H3,(H,25,30)(H,27,29)/t17-/m1/s1. The van der Waals surface area contributed by atoms with Crippen molar-refractivity contribution in [3.63, 3.8) is 0 Å². The molecule has 34 heavy (non-hydrogen) atoms. The van der Waals surface area contributed by atoms with Gasteiger partial charge in [-0.25, -0.2) is 14.8 Å². The maximum atomic E-state index is 12.5. The first-order valence-electron chi connectivity index (χ1n) is 10.4. The number of esters is 1. The molecular formula is C22H26Cl2N4O4S2. The van der Waals surface area contributed by atoms with Gasteiger partial charge in [-0.1, -0.05) is 53.2 Å². The Bertz CT molecular complexity index is 997. The van der Waals surface area contributed by atoms with Gasteiger partial charge >= 0.3 is 5.97 Å². The SMILES string of the molecule is COC(=O)[C@@H](CCSC)NC(=O)CCCNC(=O)c1nc(SCc2ccccc2Cl)ncc1Cl. The van der Waals surface area contributed by atoms with E-state index >= 15 is 0 Å². The van der Waals surface area contributed by atoms with E-state index in [2.05, 4.69) is 20.6 Å². The number of hydrogen-bond donors (Lipinski definition) is 2. The summed E-state index contributed by atoms with van der Waals surface area (Å²) in [5, 5.41) is 6.56. The van der Waals surface area contributed by atoms with E-state index in [1.165, 1.54) is 25.1 Å². The summed E-state index contributed by atoms with van der Waals surface area (Å²) in [5.41, 5.74) is 0.991. The van der Waals surface area contributed by atoms with Gasteiger partial charge in [0.1, 0.15) is 6.04 Å². The Morgan fingerprint density at radius 1 is 1.18 bits per heavy atom. The highest BCUT2D eigenvalue weighted by atomic mass is 35.5. The minimum atomic E-state index is -0.680. The number of carbonyl (C=O) groups excluding carboxylic acids is 3. The van der Waals surface area contributed by atoms with Crippen LogP contribution in [0.1, 0.15) is 35.3 Å². The van der Waals surface area contributed by atoms with E-state index in [1.807, 2.05) is 24.5 Å². The predicted octanol–water partition coefficient (Wildman–Crippen LogP) is 4.00. The molecule has 1 aromatic heterocycles. The van der Waals surface area contributed by atoms with Crippen molar-refractivity contribution < 1.29 is 19.1 Å². The Morgan fingerprint density at radius 2 is 1.94 bits per heavy atom. The molecule has 2 aromatic rings. The van der Waals surface area contributed by atoms with Crippen molar-refractivity contribution in [2.45, 2.75) is 36.2 Å². The second kappa shape index (κ2) is 15.1. The summed E-state index contributed by atoms with van der Waals surface area (Å²) in [5.74, 6) is 0.0383. The van der Waals surface area contributed by atoms with Crippen LogP contribution in [-0.2, 0) is 20.1 Å². The van der Waals surface area contributed by atoms with E-state index in [-0.39, 0.29) is 29.6 Å². The van der Waals surface area contributed by atoms with Crippen LogP contribution in [0, 0.1) is 0 Å². The molecule has 1 heterocycles. The smallest absolute Gasteiger partial charge is 0.328 e. The number of thioether (sulfide) groups is 2. The van der Waals surface area contributed by atoms with Crippen molar-refractivity contribution in [2.24, 2.45) is 0 Å². The average molecular weight is 546 g/mol. The lowest BCUT2D eigenvalue weighted by molar-refractivity contribution is -0.145. The fourth-order valence-corrected chi connectivity index (χ4v) is 4.51. The third-order valence-electron chi connectivity index (χ3n) is 4.55. The number of ether oxygens (including phenoxy) is 1. The Labute approximate surface area is 217 Å². The van der Waals surface area contributed by atoms with Gasteiger partial charge < -0.3 is 15.4 Å². The first-order valence-corrected chi connectivity index (χ1v) is 13.5. The maximum Gasteiger partial charge on any atom is 0.328 e. The molecule has 0 spiro atoms. The van der Waals surface area contributed by atoms with E-state index in [1.54, 1.807) is 17.8 Å². The van der Waals surface area contributed by atoms with Crippen molar-refractivity contribution in [2.75, 3.05) is 25.7 Å². The topological polar surface area (TPSA) is 110 Å². The molecule has 2 amide bonds. The largest absolute Gasteiger partial charge is 0.467 e. The number of methoxy groups -OCH3 is 1. The molecule has 2 rings (SSSR count). The molecular weight excluding hydrogens is 519 g/mol. The number of halogens is 2. The fourth-order valence-electron chi connectivity index (χ4n) is 2.77. The third-order valence-corrected chi connectivity index (χ3v) is 6.75. The van der Waals surface area contributed by atoms with E-state index < -0.39 is 17.9 Å². The van der Waals surface area contributed by atoms with Crippen molar-refractivity contribution in [1.82, 2.24) is 20.6 Å². The summed E-state index contributed by atoms with van der Waals surface area (Å²) in [7, 11) is 1.29. The van der Waals surface area contributed by atoms with Crippen LogP contribution in [0.3, 0.4) is 0 Å². The third kappa shape index (κ3) is 9.32. The second-order valence-electron chi connectivity index (χ2n) is 7.01. The minimum absolute atomic E-state index is 0.0607. The van der Waals surface area contributed by atoms with Gasteiger partial charge in [0.05, 0.1) is 18.3 Å². The number of benzene rings is 1. The quantitative estimate of drug-likeness (QED) is 0.168. The summed E-state index contributed by atoms with van der Waals surface area (Å²) in [6.07, 6.45) is 4.31. The zero-order valence-corrected chi connectivity index (χ0v) is 22.0. The lowest BCUT2D eigenvalue weighted by Gasteiger charge is -2.16. The highest BCUT2D eigenvalue weighted by Crippen LogP contribution is 2.25. The maximum absolute atomic E-state index is 12.5. The van der Waals surface area contributed by atoms with Crippen molar-refractivity contribution in [3.05, 3.63) is 51.8 Å².